The van der Waals surface area contributed by atoms with Gasteiger partial charge in [-0.3, -0.25) is 10.1 Å². The molecule has 1 aromatic carbocycles. The number of carbonyl (C=O) groups is 1. The number of hydrogen-bond acceptors (Lipinski definition) is 3. The predicted octanol–water partition coefficient (Wildman–Crippen LogP) is 3.64. The van der Waals surface area contributed by atoms with Crippen molar-refractivity contribution in [1.82, 2.24) is 5.32 Å². The van der Waals surface area contributed by atoms with Crippen LogP contribution in [0, 0.1) is 6.92 Å². The molecule has 0 bridgehead atoms. The van der Waals surface area contributed by atoms with E-state index in [1.165, 1.54) is 0 Å². The van der Waals surface area contributed by atoms with Crippen molar-refractivity contribution in [2.24, 2.45) is 0 Å². The van der Waals surface area contributed by atoms with Crippen LogP contribution in [0.15, 0.2) is 45.5 Å². The van der Waals surface area contributed by atoms with Gasteiger partial charge in [0.2, 0.25) is 5.91 Å². The summed E-state index contributed by atoms with van der Waals surface area (Å²) in [6.07, 6.45) is 1.62. The quantitative estimate of drug-likeness (QED) is 0.876. The molecule has 0 saturated heterocycles. The maximum absolute atomic E-state index is 11.9. The van der Waals surface area contributed by atoms with Gasteiger partial charge in [0.25, 0.3) is 0 Å². The summed E-state index contributed by atoms with van der Waals surface area (Å²) in [5, 5.41) is 6.01. The third-order valence-corrected chi connectivity index (χ3v) is 3.49. The van der Waals surface area contributed by atoms with E-state index in [9.17, 15) is 4.79 Å². The van der Waals surface area contributed by atoms with Gasteiger partial charge in [-0.1, -0.05) is 15.9 Å². The number of aryl methyl sites for hydroxylation is 1. The number of hydrogen-bond donors (Lipinski definition) is 2. The second-order valence-electron chi connectivity index (χ2n) is 4.63. The first-order valence-electron chi connectivity index (χ1n) is 6.39. The van der Waals surface area contributed by atoms with Crippen molar-refractivity contribution in [3.05, 3.63) is 52.4 Å². The number of nitrogens with one attached hydrogen (secondary N) is 2. The minimum Gasteiger partial charge on any atom is -0.468 e. The first-order chi connectivity index (χ1) is 9.56. The number of halogens is 1. The van der Waals surface area contributed by atoms with E-state index in [0.717, 1.165) is 21.5 Å². The van der Waals surface area contributed by atoms with Gasteiger partial charge in [0.15, 0.2) is 0 Å². The summed E-state index contributed by atoms with van der Waals surface area (Å²) in [6, 6.07) is 9.47. The molecule has 2 rings (SSSR count). The fourth-order valence-electron chi connectivity index (χ4n) is 1.85. The first-order valence-corrected chi connectivity index (χ1v) is 7.18. The second-order valence-corrected chi connectivity index (χ2v) is 5.54. The molecule has 1 amide bonds. The van der Waals surface area contributed by atoms with Gasteiger partial charge in [-0.25, -0.2) is 0 Å². The Balaban J connectivity index is 1.86. The minimum atomic E-state index is -0.0752. The van der Waals surface area contributed by atoms with Crippen LogP contribution in [-0.4, -0.2) is 12.5 Å². The van der Waals surface area contributed by atoms with Gasteiger partial charge in [-0.05, 0) is 49.7 Å². The SMILES string of the molecule is Cc1cc(Br)ccc1NC(=O)CN[C@@H](C)c1ccco1. The van der Waals surface area contributed by atoms with Crippen LogP contribution >= 0.6 is 15.9 Å². The molecular weight excluding hydrogens is 320 g/mol. The fraction of sp³-hybridized carbons (Fsp3) is 0.267. The number of furan rings is 1. The Kier molecular flexibility index (Phi) is 4.98. The van der Waals surface area contributed by atoms with Gasteiger partial charge in [-0.15, -0.1) is 0 Å². The Morgan fingerprint density at radius 3 is 2.85 bits per heavy atom. The van der Waals surface area contributed by atoms with Gasteiger partial charge in [-0.2, -0.15) is 0 Å². The standard InChI is InChI=1S/C15H17BrN2O2/c1-10-8-12(16)5-6-13(10)18-15(19)9-17-11(2)14-4-3-7-20-14/h3-8,11,17H,9H2,1-2H3,(H,18,19)/t11-/m0/s1. The van der Waals surface area contributed by atoms with E-state index >= 15 is 0 Å². The average Bonchev–Trinajstić information content (AvgIpc) is 2.93. The number of anilines is 1. The summed E-state index contributed by atoms with van der Waals surface area (Å²) in [5.41, 5.74) is 1.84. The largest absolute Gasteiger partial charge is 0.468 e. The predicted molar refractivity (Wildman–Crippen MR) is 82.6 cm³/mol. The van der Waals surface area contributed by atoms with Crippen molar-refractivity contribution in [2.45, 2.75) is 19.9 Å². The maximum atomic E-state index is 11.9. The van der Waals surface area contributed by atoms with Crippen LogP contribution in [0.5, 0.6) is 0 Å². The van der Waals surface area contributed by atoms with Gasteiger partial charge in [0, 0.05) is 10.2 Å². The van der Waals surface area contributed by atoms with Crippen molar-refractivity contribution in [3.63, 3.8) is 0 Å². The lowest BCUT2D eigenvalue weighted by Crippen LogP contribution is -2.30. The Morgan fingerprint density at radius 1 is 1.40 bits per heavy atom. The van der Waals surface area contributed by atoms with Gasteiger partial charge >= 0.3 is 0 Å². The Morgan fingerprint density at radius 2 is 2.20 bits per heavy atom. The monoisotopic (exact) mass is 336 g/mol. The zero-order valence-electron chi connectivity index (χ0n) is 11.4. The first kappa shape index (κ1) is 14.8. The Labute approximate surface area is 126 Å². The zero-order valence-corrected chi connectivity index (χ0v) is 13.0. The molecule has 1 heterocycles. The van der Waals surface area contributed by atoms with Gasteiger partial charge in [0.05, 0.1) is 18.8 Å². The highest BCUT2D eigenvalue weighted by Crippen LogP contribution is 2.20. The van der Waals surface area contributed by atoms with E-state index in [0.29, 0.717) is 0 Å². The van der Waals surface area contributed by atoms with Crippen LogP contribution in [0.4, 0.5) is 5.69 Å². The molecule has 1 aromatic heterocycles. The zero-order chi connectivity index (χ0) is 14.5. The molecule has 0 spiro atoms. The molecule has 2 aromatic rings. The smallest absolute Gasteiger partial charge is 0.238 e. The van der Waals surface area contributed by atoms with Crippen molar-refractivity contribution in [3.8, 4) is 0 Å². The number of amides is 1. The maximum Gasteiger partial charge on any atom is 0.238 e. The fourth-order valence-corrected chi connectivity index (χ4v) is 2.32. The van der Waals surface area contributed by atoms with Gasteiger partial charge < -0.3 is 9.73 Å². The molecule has 0 unspecified atom stereocenters. The van der Waals surface area contributed by atoms with Crippen LogP contribution in [-0.2, 0) is 4.79 Å². The van der Waals surface area contributed by atoms with Crippen LogP contribution < -0.4 is 10.6 Å². The highest BCUT2D eigenvalue weighted by atomic mass is 79.9. The lowest BCUT2D eigenvalue weighted by Gasteiger charge is -2.12. The minimum absolute atomic E-state index is 0.00163. The normalized spacial score (nSPS) is 12.2. The molecule has 2 N–H and O–H groups in total. The molecule has 4 nitrogen and oxygen atoms in total. The molecule has 0 fully saturated rings. The number of benzene rings is 1. The van der Waals surface area contributed by atoms with Crippen molar-refractivity contribution >= 4 is 27.5 Å². The molecule has 0 aliphatic carbocycles. The van der Waals surface area contributed by atoms with E-state index in [1.54, 1.807) is 6.26 Å². The van der Waals surface area contributed by atoms with Gasteiger partial charge in [0.1, 0.15) is 5.76 Å². The highest BCUT2D eigenvalue weighted by molar-refractivity contribution is 9.10. The molecule has 0 aliphatic heterocycles. The molecular formula is C15H17BrN2O2. The summed E-state index contributed by atoms with van der Waals surface area (Å²) >= 11 is 3.40. The molecule has 20 heavy (non-hydrogen) atoms. The van der Waals surface area contributed by atoms with E-state index in [-0.39, 0.29) is 18.5 Å². The van der Waals surface area contributed by atoms with Crippen LogP contribution in [0.2, 0.25) is 0 Å². The Hall–Kier alpha value is -1.59. The molecule has 1 atom stereocenters. The molecule has 0 saturated carbocycles. The third kappa shape index (κ3) is 3.95. The van der Waals surface area contributed by atoms with Crippen molar-refractivity contribution in [2.75, 3.05) is 11.9 Å². The van der Waals surface area contributed by atoms with Crippen LogP contribution in [0.1, 0.15) is 24.3 Å². The topological polar surface area (TPSA) is 54.3 Å². The highest BCUT2D eigenvalue weighted by Gasteiger charge is 2.10. The van der Waals surface area contributed by atoms with E-state index < -0.39 is 0 Å². The van der Waals surface area contributed by atoms with Crippen LogP contribution in [0.25, 0.3) is 0 Å². The van der Waals surface area contributed by atoms with E-state index in [2.05, 4.69) is 26.6 Å². The third-order valence-electron chi connectivity index (χ3n) is 3.00. The summed E-state index contributed by atoms with van der Waals surface area (Å²) < 4.78 is 6.28. The van der Waals surface area contributed by atoms with Crippen LogP contribution in [0.3, 0.4) is 0 Å². The Bertz CT molecular complexity index is 582. The second kappa shape index (κ2) is 6.72. The summed E-state index contributed by atoms with van der Waals surface area (Å²) in [5.74, 6) is 0.742. The molecule has 106 valence electrons. The van der Waals surface area contributed by atoms with E-state index in [4.69, 9.17) is 4.42 Å². The average molecular weight is 337 g/mol. The lowest BCUT2D eigenvalue weighted by molar-refractivity contribution is -0.115. The summed E-state index contributed by atoms with van der Waals surface area (Å²) in [7, 11) is 0. The molecule has 0 aliphatic rings. The number of rotatable bonds is 5. The number of carbonyl (C=O) groups excluding carboxylic acids is 1. The van der Waals surface area contributed by atoms with Crippen molar-refractivity contribution in [1.29, 1.82) is 0 Å². The summed E-state index contributed by atoms with van der Waals surface area (Å²) in [6.45, 7) is 4.15. The van der Waals surface area contributed by atoms with E-state index in [1.807, 2.05) is 44.2 Å². The summed E-state index contributed by atoms with van der Waals surface area (Å²) in [4.78, 5) is 11.9. The lowest BCUT2D eigenvalue weighted by atomic mass is 10.2. The molecule has 0 radical (unpaired) electrons. The molecule has 5 heteroatoms. The van der Waals surface area contributed by atoms with Crippen molar-refractivity contribution < 1.29 is 9.21 Å².